The molecule has 1 aliphatic carbocycles. The van der Waals surface area contributed by atoms with E-state index in [1.165, 1.54) is 17.5 Å². The molecule has 1 aliphatic rings. The fourth-order valence-electron chi connectivity index (χ4n) is 3.77. The molecular weight excluding hydrogens is 318 g/mol. The molecule has 1 fully saturated rings. The molecule has 0 aliphatic heterocycles. The Labute approximate surface area is 147 Å². The molecule has 124 valence electrons. The van der Waals surface area contributed by atoms with Gasteiger partial charge in [0.2, 0.25) is 0 Å². The first kappa shape index (κ1) is 15.6. The molecule has 2 heterocycles. The highest BCUT2D eigenvalue weighted by Gasteiger charge is 2.44. The monoisotopic (exact) mass is 339 g/mol. The molecule has 0 spiro atoms. The third-order valence-corrected chi connectivity index (χ3v) is 5.53. The summed E-state index contributed by atoms with van der Waals surface area (Å²) in [4.78, 5) is 0. The highest BCUT2D eigenvalue weighted by atomic mass is 35.5. The van der Waals surface area contributed by atoms with Crippen molar-refractivity contribution in [2.45, 2.75) is 50.9 Å². The quantitative estimate of drug-likeness (QED) is 0.646. The first-order chi connectivity index (χ1) is 11.4. The van der Waals surface area contributed by atoms with Crippen LogP contribution in [-0.4, -0.2) is 14.6 Å². The summed E-state index contributed by atoms with van der Waals surface area (Å²) < 4.78 is 2.19. The van der Waals surface area contributed by atoms with Gasteiger partial charge in [-0.1, -0.05) is 57.0 Å². The SMILES string of the molecule is CC(C)(C)c1cccn2c(C3(c4ccc(Cl)cc4)CCC3)nnc12. The summed E-state index contributed by atoms with van der Waals surface area (Å²) in [7, 11) is 0. The maximum atomic E-state index is 6.08. The molecule has 0 N–H and O–H groups in total. The molecule has 4 rings (SSSR count). The van der Waals surface area contributed by atoms with Crippen LogP contribution in [-0.2, 0) is 10.8 Å². The topological polar surface area (TPSA) is 30.2 Å². The Kier molecular flexibility index (Phi) is 3.47. The molecule has 0 atom stereocenters. The zero-order valence-electron chi connectivity index (χ0n) is 14.4. The predicted octanol–water partition coefficient (Wildman–Crippen LogP) is 5.15. The van der Waals surface area contributed by atoms with Gasteiger partial charge in [0.1, 0.15) is 5.82 Å². The van der Waals surface area contributed by atoms with Gasteiger partial charge in [-0.3, -0.25) is 4.40 Å². The minimum Gasteiger partial charge on any atom is -0.285 e. The van der Waals surface area contributed by atoms with Gasteiger partial charge in [-0.05, 0) is 42.0 Å². The van der Waals surface area contributed by atoms with Crippen LogP contribution in [0.3, 0.4) is 0 Å². The van der Waals surface area contributed by atoms with Gasteiger partial charge in [0, 0.05) is 16.8 Å². The average molecular weight is 340 g/mol. The van der Waals surface area contributed by atoms with Crippen LogP contribution in [0, 0.1) is 0 Å². The van der Waals surface area contributed by atoms with E-state index < -0.39 is 0 Å². The number of hydrogen-bond acceptors (Lipinski definition) is 2. The lowest BCUT2D eigenvalue weighted by molar-refractivity contribution is 0.283. The minimum atomic E-state index is -0.0412. The third-order valence-electron chi connectivity index (χ3n) is 5.27. The average Bonchev–Trinajstić information content (AvgIpc) is 2.91. The van der Waals surface area contributed by atoms with Crippen molar-refractivity contribution >= 4 is 17.2 Å². The van der Waals surface area contributed by atoms with E-state index in [0.29, 0.717) is 0 Å². The van der Waals surface area contributed by atoms with E-state index in [1.54, 1.807) is 0 Å². The minimum absolute atomic E-state index is 0.0412. The Hall–Kier alpha value is -1.87. The first-order valence-electron chi connectivity index (χ1n) is 8.53. The molecule has 0 saturated heterocycles. The lowest BCUT2D eigenvalue weighted by atomic mass is 9.64. The van der Waals surface area contributed by atoms with Crippen molar-refractivity contribution in [1.29, 1.82) is 0 Å². The summed E-state index contributed by atoms with van der Waals surface area (Å²) in [5.41, 5.74) is 3.49. The molecule has 0 radical (unpaired) electrons. The molecule has 1 saturated carbocycles. The molecule has 0 unspecified atom stereocenters. The van der Waals surface area contributed by atoms with Crippen LogP contribution in [0.4, 0.5) is 0 Å². The molecular formula is C20H22ClN3. The van der Waals surface area contributed by atoms with Gasteiger partial charge in [0.25, 0.3) is 0 Å². The van der Waals surface area contributed by atoms with E-state index in [0.717, 1.165) is 29.3 Å². The lowest BCUT2D eigenvalue weighted by Crippen LogP contribution is -2.37. The van der Waals surface area contributed by atoms with Crippen molar-refractivity contribution < 1.29 is 0 Å². The van der Waals surface area contributed by atoms with E-state index in [1.807, 2.05) is 12.1 Å². The molecule has 3 nitrogen and oxygen atoms in total. The number of aromatic nitrogens is 3. The van der Waals surface area contributed by atoms with E-state index in [4.69, 9.17) is 11.6 Å². The number of hydrogen-bond donors (Lipinski definition) is 0. The summed E-state index contributed by atoms with van der Waals surface area (Å²) in [5.74, 6) is 1.05. The Morgan fingerprint density at radius 3 is 2.33 bits per heavy atom. The molecule has 1 aromatic carbocycles. The molecule has 0 bridgehead atoms. The predicted molar refractivity (Wildman–Crippen MR) is 97.8 cm³/mol. The van der Waals surface area contributed by atoms with Crippen molar-refractivity contribution in [1.82, 2.24) is 14.6 Å². The molecule has 0 amide bonds. The van der Waals surface area contributed by atoms with Gasteiger partial charge >= 0.3 is 0 Å². The summed E-state index contributed by atoms with van der Waals surface area (Å²) >= 11 is 6.08. The zero-order chi connectivity index (χ0) is 16.9. The van der Waals surface area contributed by atoms with Crippen molar-refractivity contribution in [2.24, 2.45) is 0 Å². The number of pyridine rings is 1. The summed E-state index contributed by atoms with van der Waals surface area (Å²) in [5, 5.41) is 9.98. The first-order valence-corrected chi connectivity index (χ1v) is 8.90. The Balaban J connectivity index is 1.91. The maximum Gasteiger partial charge on any atom is 0.164 e. The van der Waals surface area contributed by atoms with Gasteiger partial charge in [-0.15, -0.1) is 10.2 Å². The van der Waals surface area contributed by atoms with Crippen molar-refractivity contribution in [3.05, 3.63) is 64.6 Å². The Bertz CT molecular complexity index is 883. The van der Waals surface area contributed by atoms with E-state index in [2.05, 4.69) is 65.8 Å². The number of nitrogens with zero attached hydrogens (tertiary/aromatic N) is 3. The molecule has 24 heavy (non-hydrogen) atoms. The van der Waals surface area contributed by atoms with Crippen LogP contribution < -0.4 is 0 Å². The molecule has 4 heteroatoms. The number of fused-ring (bicyclic) bond motifs is 1. The normalized spacial score (nSPS) is 17.0. The van der Waals surface area contributed by atoms with E-state index in [-0.39, 0.29) is 10.8 Å². The fourth-order valence-corrected chi connectivity index (χ4v) is 3.89. The van der Waals surface area contributed by atoms with Gasteiger partial charge in [-0.2, -0.15) is 0 Å². The van der Waals surface area contributed by atoms with Crippen LogP contribution >= 0.6 is 11.6 Å². The van der Waals surface area contributed by atoms with Crippen LogP contribution in [0.15, 0.2) is 42.6 Å². The van der Waals surface area contributed by atoms with Gasteiger partial charge in [0.15, 0.2) is 5.65 Å². The standard InChI is InChI=1S/C20H22ClN3/c1-19(2,3)16-6-4-13-24-17(16)22-23-18(24)20(11-5-12-20)14-7-9-15(21)10-8-14/h4,6-10,13H,5,11-12H2,1-3H3. The summed E-state index contributed by atoms with van der Waals surface area (Å²) in [6.07, 6.45) is 5.52. The highest BCUT2D eigenvalue weighted by molar-refractivity contribution is 6.30. The van der Waals surface area contributed by atoms with Crippen LogP contribution in [0.1, 0.15) is 57.0 Å². The molecule has 2 aromatic heterocycles. The summed E-state index contributed by atoms with van der Waals surface area (Å²) in [6, 6.07) is 12.5. The Morgan fingerprint density at radius 2 is 1.75 bits per heavy atom. The van der Waals surface area contributed by atoms with E-state index in [9.17, 15) is 0 Å². The third kappa shape index (κ3) is 2.26. The largest absolute Gasteiger partial charge is 0.285 e. The zero-order valence-corrected chi connectivity index (χ0v) is 15.1. The summed E-state index contributed by atoms with van der Waals surface area (Å²) in [6.45, 7) is 6.65. The number of benzene rings is 1. The number of rotatable bonds is 2. The lowest BCUT2D eigenvalue weighted by Gasteiger charge is -2.41. The van der Waals surface area contributed by atoms with Gasteiger partial charge < -0.3 is 0 Å². The van der Waals surface area contributed by atoms with Gasteiger partial charge in [0.05, 0.1) is 5.41 Å². The van der Waals surface area contributed by atoms with Crippen molar-refractivity contribution in [3.8, 4) is 0 Å². The second kappa shape index (κ2) is 5.32. The number of halogens is 1. The van der Waals surface area contributed by atoms with Crippen molar-refractivity contribution in [3.63, 3.8) is 0 Å². The second-order valence-electron chi connectivity index (χ2n) is 7.83. The maximum absolute atomic E-state index is 6.08. The Morgan fingerprint density at radius 1 is 1.04 bits per heavy atom. The van der Waals surface area contributed by atoms with Crippen LogP contribution in [0.25, 0.3) is 5.65 Å². The smallest absolute Gasteiger partial charge is 0.164 e. The van der Waals surface area contributed by atoms with Crippen LogP contribution in [0.5, 0.6) is 0 Å². The highest BCUT2D eigenvalue weighted by Crippen LogP contribution is 2.48. The van der Waals surface area contributed by atoms with E-state index >= 15 is 0 Å². The second-order valence-corrected chi connectivity index (χ2v) is 8.27. The van der Waals surface area contributed by atoms with Crippen LogP contribution in [0.2, 0.25) is 5.02 Å². The van der Waals surface area contributed by atoms with Crippen molar-refractivity contribution in [2.75, 3.05) is 0 Å². The van der Waals surface area contributed by atoms with Gasteiger partial charge in [-0.25, -0.2) is 0 Å². The molecule has 3 aromatic rings. The fraction of sp³-hybridized carbons (Fsp3) is 0.400.